The van der Waals surface area contributed by atoms with E-state index in [9.17, 15) is 4.79 Å². The third-order valence-corrected chi connectivity index (χ3v) is 3.85. The molecule has 0 aliphatic heterocycles. The lowest BCUT2D eigenvalue weighted by molar-refractivity contribution is -0.122. The maximum Gasteiger partial charge on any atom is 0.220 e. The first-order valence-corrected chi connectivity index (χ1v) is 7.84. The summed E-state index contributed by atoms with van der Waals surface area (Å²) in [6.07, 6.45) is 8.39. The molecular weight excluding hydrogens is 240 g/mol. The average molecular weight is 270 g/mol. The van der Waals surface area contributed by atoms with E-state index < -0.39 is 0 Å². The Morgan fingerprint density at radius 2 is 2.00 bits per heavy atom. The van der Waals surface area contributed by atoms with E-state index in [1.807, 2.05) is 0 Å². The van der Waals surface area contributed by atoms with Gasteiger partial charge >= 0.3 is 0 Å². The fourth-order valence-electron chi connectivity index (χ4n) is 2.55. The van der Waals surface area contributed by atoms with Crippen LogP contribution >= 0.6 is 0 Å². The zero-order valence-corrected chi connectivity index (χ0v) is 12.3. The fourth-order valence-corrected chi connectivity index (χ4v) is 2.55. The third kappa shape index (κ3) is 7.53. The van der Waals surface area contributed by atoms with E-state index in [1.165, 1.54) is 19.3 Å². The van der Waals surface area contributed by atoms with Crippen molar-refractivity contribution in [3.63, 3.8) is 0 Å². The number of hydrogen-bond acceptors (Lipinski definition) is 3. The molecule has 1 aliphatic rings. The summed E-state index contributed by atoms with van der Waals surface area (Å²) in [5.41, 5.74) is 6.05. The van der Waals surface area contributed by atoms with Crippen LogP contribution in [0.3, 0.4) is 0 Å². The monoisotopic (exact) mass is 270 g/mol. The maximum atomic E-state index is 11.8. The van der Waals surface area contributed by atoms with Crippen molar-refractivity contribution in [3.8, 4) is 0 Å². The van der Waals surface area contributed by atoms with Crippen LogP contribution in [-0.2, 0) is 9.53 Å². The van der Waals surface area contributed by atoms with Gasteiger partial charge in [-0.15, -0.1) is 0 Å². The number of nitrogens with two attached hydrogens (primary N) is 1. The van der Waals surface area contributed by atoms with Crippen LogP contribution in [0.15, 0.2) is 0 Å². The van der Waals surface area contributed by atoms with Gasteiger partial charge in [0.15, 0.2) is 0 Å². The lowest BCUT2D eigenvalue weighted by atomic mass is 9.83. The number of carbonyl (C=O) groups is 1. The summed E-state index contributed by atoms with van der Waals surface area (Å²) in [4.78, 5) is 11.8. The number of rotatable bonds is 9. The second kappa shape index (κ2) is 10.2. The summed E-state index contributed by atoms with van der Waals surface area (Å²) in [6.45, 7) is 4.44. The molecule has 1 aliphatic carbocycles. The van der Waals surface area contributed by atoms with E-state index >= 15 is 0 Å². The van der Waals surface area contributed by atoms with Crippen LogP contribution in [0.4, 0.5) is 0 Å². The second-order valence-electron chi connectivity index (χ2n) is 5.58. The molecule has 0 aromatic carbocycles. The van der Waals surface area contributed by atoms with Crippen molar-refractivity contribution in [1.29, 1.82) is 0 Å². The Bertz CT molecular complexity index is 246. The van der Waals surface area contributed by atoms with Crippen LogP contribution in [0, 0.1) is 5.92 Å². The van der Waals surface area contributed by atoms with E-state index in [0.717, 1.165) is 38.9 Å². The van der Waals surface area contributed by atoms with Crippen LogP contribution in [-0.4, -0.2) is 31.7 Å². The SMILES string of the molecule is CCCCOCCCNC(=O)CC1CCCCC1N. The molecule has 0 aromatic rings. The minimum Gasteiger partial charge on any atom is -0.381 e. The molecule has 1 fully saturated rings. The average Bonchev–Trinajstić information content (AvgIpc) is 2.40. The molecule has 4 nitrogen and oxygen atoms in total. The van der Waals surface area contributed by atoms with E-state index in [1.54, 1.807) is 0 Å². The zero-order chi connectivity index (χ0) is 13.9. The van der Waals surface area contributed by atoms with Crippen LogP contribution in [0.1, 0.15) is 58.3 Å². The van der Waals surface area contributed by atoms with Crippen LogP contribution in [0.5, 0.6) is 0 Å². The molecule has 2 atom stereocenters. The van der Waals surface area contributed by atoms with Gasteiger partial charge in [-0.3, -0.25) is 4.79 Å². The molecule has 0 heterocycles. The molecule has 1 rings (SSSR count). The van der Waals surface area contributed by atoms with Gasteiger partial charge in [-0.1, -0.05) is 26.2 Å². The summed E-state index contributed by atoms with van der Waals surface area (Å²) >= 11 is 0. The highest BCUT2D eigenvalue weighted by atomic mass is 16.5. The Morgan fingerprint density at radius 3 is 2.74 bits per heavy atom. The highest BCUT2D eigenvalue weighted by molar-refractivity contribution is 5.76. The zero-order valence-electron chi connectivity index (χ0n) is 12.3. The van der Waals surface area contributed by atoms with Gasteiger partial charge < -0.3 is 15.8 Å². The minimum atomic E-state index is 0.149. The summed E-state index contributed by atoms with van der Waals surface area (Å²) in [6, 6.07) is 0.219. The van der Waals surface area contributed by atoms with Gasteiger partial charge in [0.25, 0.3) is 0 Å². The van der Waals surface area contributed by atoms with Gasteiger partial charge in [-0.05, 0) is 31.6 Å². The highest BCUT2D eigenvalue weighted by Crippen LogP contribution is 2.25. The number of amides is 1. The van der Waals surface area contributed by atoms with Crippen molar-refractivity contribution in [2.24, 2.45) is 11.7 Å². The van der Waals surface area contributed by atoms with Gasteiger partial charge in [0.2, 0.25) is 5.91 Å². The first-order valence-electron chi connectivity index (χ1n) is 7.84. The Morgan fingerprint density at radius 1 is 1.26 bits per heavy atom. The largest absolute Gasteiger partial charge is 0.381 e. The number of carbonyl (C=O) groups excluding carboxylic acids is 1. The predicted octanol–water partition coefficient (Wildman–Crippen LogP) is 2.22. The highest BCUT2D eigenvalue weighted by Gasteiger charge is 2.23. The topological polar surface area (TPSA) is 64.3 Å². The number of nitrogens with one attached hydrogen (secondary N) is 1. The van der Waals surface area contributed by atoms with E-state index in [0.29, 0.717) is 18.9 Å². The summed E-state index contributed by atoms with van der Waals surface area (Å²) in [7, 11) is 0. The van der Waals surface area contributed by atoms with Crippen molar-refractivity contribution in [1.82, 2.24) is 5.32 Å². The minimum absolute atomic E-state index is 0.149. The van der Waals surface area contributed by atoms with Gasteiger partial charge in [-0.2, -0.15) is 0 Å². The number of ether oxygens (including phenoxy) is 1. The Labute approximate surface area is 117 Å². The Balaban J connectivity index is 1.98. The molecular formula is C15H30N2O2. The molecule has 1 saturated carbocycles. The molecule has 112 valence electrons. The van der Waals surface area contributed by atoms with Gasteiger partial charge in [0, 0.05) is 32.2 Å². The predicted molar refractivity (Wildman–Crippen MR) is 77.9 cm³/mol. The van der Waals surface area contributed by atoms with Crippen molar-refractivity contribution in [2.45, 2.75) is 64.3 Å². The standard InChI is InChI=1S/C15H30N2O2/c1-2-3-10-19-11-6-9-17-15(18)12-13-7-4-5-8-14(13)16/h13-14H,2-12,16H2,1H3,(H,17,18). The summed E-state index contributed by atoms with van der Waals surface area (Å²) in [5.74, 6) is 0.533. The molecule has 1 amide bonds. The molecule has 0 bridgehead atoms. The van der Waals surface area contributed by atoms with Crippen molar-refractivity contribution >= 4 is 5.91 Å². The summed E-state index contributed by atoms with van der Waals surface area (Å²) < 4.78 is 5.45. The normalized spacial score (nSPS) is 23.3. The lowest BCUT2D eigenvalue weighted by Crippen LogP contribution is -2.37. The molecule has 19 heavy (non-hydrogen) atoms. The second-order valence-corrected chi connectivity index (χ2v) is 5.58. The Kier molecular flexibility index (Phi) is 8.84. The fraction of sp³-hybridized carbons (Fsp3) is 0.933. The maximum absolute atomic E-state index is 11.8. The molecule has 3 N–H and O–H groups in total. The van der Waals surface area contributed by atoms with E-state index in [2.05, 4.69) is 12.2 Å². The molecule has 0 saturated heterocycles. The third-order valence-electron chi connectivity index (χ3n) is 3.85. The molecule has 4 heteroatoms. The summed E-state index contributed by atoms with van der Waals surface area (Å²) in [5, 5.41) is 2.97. The smallest absolute Gasteiger partial charge is 0.220 e. The quantitative estimate of drug-likeness (QED) is 0.631. The van der Waals surface area contributed by atoms with Crippen molar-refractivity contribution in [2.75, 3.05) is 19.8 Å². The van der Waals surface area contributed by atoms with Crippen molar-refractivity contribution < 1.29 is 9.53 Å². The van der Waals surface area contributed by atoms with Crippen LogP contribution in [0.2, 0.25) is 0 Å². The first kappa shape index (κ1) is 16.4. The lowest BCUT2D eigenvalue weighted by Gasteiger charge is -2.27. The number of unbranched alkanes of at least 4 members (excludes halogenated alkanes) is 1. The van der Waals surface area contributed by atoms with Crippen LogP contribution in [0.25, 0.3) is 0 Å². The van der Waals surface area contributed by atoms with Crippen molar-refractivity contribution in [3.05, 3.63) is 0 Å². The first-order chi connectivity index (χ1) is 9.24. The van der Waals surface area contributed by atoms with Gasteiger partial charge in [0.1, 0.15) is 0 Å². The molecule has 0 aromatic heterocycles. The van der Waals surface area contributed by atoms with Gasteiger partial charge in [-0.25, -0.2) is 0 Å². The van der Waals surface area contributed by atoms with Crippen LogP contribution < -0.4 is 11.1 Å². The van der Waals surface area contributed by atoms with Gasteiger partial charge in [0.05, 0.1) is 0 Å². The van der Waals surface area contributed by atoms with E-state index in [-0.39, 0.29) is 11.9 Å². The molecule has 2 unspecified atom stereocenters. The molecule has 0 spiro atoms. The van der Waals surface area contributed by atoms with E-state index in [4.69, 9.17) is 10.5 Å². The molecule has 0 radical (unpaired) electrons. The number of hydrogen-bond donors (Lipinski definition) is 2. The Hall–Kier alpha value is -0.610.